The molecule has 19 heavy (non-hydrogen) atoms. The zero-order valence-electron chi connectivity index (χ0n) is 11.1. The number of ether oxygens (including phenoxy) is 1. The minimum absolute atomic E-state index is 0.0992. The van der Waals surface area contributed by atoms with Crippen LogP contribution in [-0.2, 0) is 9.53 Å². The van der Waals surface area contributed by atoms with Gasteiger partial charge in [-0.05, 0) is 25.7 Å². The van der Waals surface area contributed by atoms with Gasteiger partial charge >= 0.3 is 5.97 Å². The Hall–Kier alpha value is -1.13. The zero-order valence-corrected chi connectivity index (χ0v) is 11.1. The molecule has 1 heterocycles. The van der Waals surface area contributed by atoms with E-state index in [1.165, 1.54) is 0 Å². The van der Waals surface area contributed by atoms with Crippen molar-refractivity contribution < 1.29 is 19.7 Å². The van der Waals surface area contributed by atoms with Gasteiger partial charge in [0.15, 0.2) is 0 Å². The molecule has 2 N–H and O–H groups in total. The summed E-state index contributed by atoms with van der Waals surface area (Å²) in [6.45, 7) is 9.60. The number of carbonyl (C=O) groups excluding carboxylic acids is 1. The fraction of sp³-hybridized carbons (Fsp3) is 0.667. The van der Waals surface area contributed by atoms with Crippen molar-refractivity contribution in [3.05, 3.63) is 24.3 Å². The van der Waals surface area contributed by atoms with E-state index in [9.17, 15) is 15.0 Å². The summed E-state index contributed by atoms with van der Waals surface area (Å²) in [5.41, 5.74) is 0.374. The largest absolute Gasteiger partial charge is 0.458 e. The van der Waals surface area contributed by atoms with Gasteiger partial charge in [0.25, 0.3) is 0 Å². The van der Waals surface area contributed by atoms with Crippen molar-refractivity contribution in [2.75, 3.05) is 0 Å². The van der Waals surface area contributed by atoms with E-state index in [2.05, 4.69) is 13.2 Å². The van der Waals surface area contributed by atoms with Gasteiger partial charge in [-0.2, -0.15) is 0 Å². The number of esters is 1. The fourth-order valence-corrected chi connectivity index (χ4v) is 4.17. The second-order valence-electron chi connectivity index (χ2n) is 6.38. The lowest BCUT2D eigenvalue weighted by molar-refractivity contribution is -0.139. The number of fused-ring (bicyclic) bond motifs is 2. The van der Waals surface area contributed by atoms with E-state index < -0.39 is 23.6 Å². The molecule has 4 heteroatoms. The van der Waals surface area contributed by atoms with E-state index in [0.717, 1.165) is 12.0 Å². The molecule has 3 fully saturated rings. The molecule has 2 aliphatic carbocycles. The van der Waals surface area contributed by atoms with Crippen molar-refractivity contribution in [1.29, 1.82) is 0 Å². The molecule has 1 saturated heterocycles. The quantitative estimate of drug-likeness (QED) is 0.392. The van der Waals surface area contributed by atoms with Crippen LogP contribution >= 0.6 is 0 Å². The third kappa shape index (κ3) is 1.70. The maximum Gasteiger partial charge on any atom is 0.334 e. The van der Waals surface area contributed by atoms with Crippen molar-refractivity contribution in [3.63, 3.8) is 0 Å². The lowest BCUT2D eigenvalue weighted by Gasteiger charge is -2.34. The van der Waals surface area contributed by atoms with Crippen LogP contribution in [0, 0.1) is 17.8 Å². The second kappa shape index (κ2) is 3.93. The van der Waals surface area contributed by atoms with Gasteiger partial charge in [-0.1, -0.05) is 18.7 Å². The molecule has 0 aromatic rings. The lowest BCUT2D eigenvalue weighted by atomic mass is 9.76. The topological polar surface area (TPSA) is 66.8 Å². The summed E-state index contributed by atoms with van der Waals surface area (Å²) in [6.07, 6.45) is 0.864. The molecule has 0 spiro atoms. The highest BCUT2D eigenvalue weighted by Gasteiger charge is 2.57. The minimum Gasteiger partial charge on any atom is -0.458 e. The van der Waals surface area contributed by atoms with Crippen LogP contribution in [0.25, 0.3) is 0 Å². The molecule has 3 aliphatic rings. The first-order valence-electron chi connectivity index (χ1n) is 6.81. The second-order valence-corrected chi connectivity index (χ2v) is 6.38. The van der Waals surface area contributed by atoms with Crippen molar-refractivity contribution in [1.82, 2.24) is 0 Å². The molecule has 0 aromatic heterocycles. The SMILES string of the molecule is C=C1CC2OC(=O)C(=C)C2C(O)C2C1CCC2(C)O. The van der Waals surface area contributed by atoms with Gasteiger partial charge in [0.2, 0.25) is 0 Å². The minimum atomic E-state index is -0.923. The monoisotopic (exact) mass is 264 g/mol. The van der Waals surface area contributed by atoms with E-state index >= 15 is 0 Å². The molecular formula is C15H20O4. The number of aliphatic hydroxyl groups excluding tert-OH is 1. The average molecular weight is 264 g/mol. The molecule has 0 bridgehead atoms. The maximum atomic E-state index is 11.6. The zero-order chi connectivity index (χ0) is 13.9. The fourth-order valence-electron chi connectivity index (χ4n) is 4.17. The molecule has 6 atom stereocenters. The van der Waals surface area contributed by atoms with Crippen LogP contribution in [0.5, 0.6) is 0 Å². The Kier molecular flexibility index (Phi) is 2.67. The van der Waals surface area contributed by atoms with Gasteiger partial charge in [-0.15, -0.1) is 0 Å². The number of aliphatic hydroxyl groups is 2. The normalized spacial score (nSPS) is 49.6. The number of rotatable bonds is 0. The third-order valence-corrected chi connectivity index (χ3v) is 5.16. The van der Waals surface area contributed by atoms with Crippen molar-refractivity contribution in [2.45, 2.75) is 44.0 Å². The summed E-state index contributed by atoms with van der Waals surface area (Å²) >= 11 is 0. The average Bonchev–Trinajstić information content (AvgIpc) is 2.73. The molecule has 6 unspecified atom stereocenters. The van der Waals surface area contributed by atoms with E-state index in [-0.39, 0.29) is 17.9 Å². The first kappa shape index (κ1) is 12.9. The molecule has 104 valence electrons. The van der Waals surface area contributed by atoms with Crippen molar-refractivity contribution in [2.24, 2.45) is 17.8 Å². The predicted molar refractivity (Wildman–Crippen MR) is 69.1 cm³/mol. The van der Waals surface area contributed by atoms with Gasteiger partial charge in [0.1, 0.15) is 6.10 Å². The molecule has 1 aliphatic heterocycles. The number of carbonyl (C=O) groups is 1. The Morgan fingerprint density at radius 2 is 2.11 bits per heavy atom. The summed E-state index contributed by atoms with van der Waals surface area (Å²) in [5.74, 6) is -1.04. The van der Waals surface area contributed by atoms with Crippen molar-refractivity contribution in [3.8, 4) is 0 Å². The molecule has 0 amide bonds. The van der Waals surface area contributed by atoms with Crippen LogP contribution in [0.3, 0.4) is 0 Å². The number of hydrogen-bond donors (Lipinski definition) is 2. The van der Waals surface area contributed by atoms with E-state index in [0.29, 0.717) is 18.4 Å². The highest BCUT2D eigenvalue weighted by molar-refractivity contribution is 5.91. The van der Waals surface area contributed by atoms with Gasteiger partial charge in [-0.25, -0.2) is 4.79 Å². The van der Waals surface area contributed by atoms with Crippen LogP contribution in [0.15, 0.2) is 24.3 Å². The van der Waals surface area contributed by atoms with Crippen LogP contribution in [0.2, 0.25) is 0 Å². The summed E-state index contributed by atoms with van der Waals surface area (Å²) in [4.78, 5) is 11.6. The summed E-state index contributed by atoms with van der Waals surface area (Å²) in [6, 6.07) is 0. The van der Waals surface area contributed by atoms with Crippen LogP contribution in [0.4, 0.5) is 0 Å². The van der Waals surface area contributed by atoms with E-state index in [1.807, 2.05) is 0 Å². The summed E-state index contributed by atoms with van der Waals surface area (Å²) in [5, 5.41) is 21.2. The van der Waals surface area contributed by atoms with Gasteiger partial charge in [0.05, 0.1) is 17.6 Å². The number of hydrogen-bond acceptors (Lipinski definition) is 4. The molecule has 2 saturated carbocycles. The van der Waals surface area contributed by atoms with E-state index in [1.54, 1.807) is 6.92 Å². The smallest absolute Gasteiger partial charge is 0.334 e. The first-order valence-corrected chi connectivity index (χ1v) is 6.81. The molecule has 4 nitrogen and oxygen atoms in total. The molecule has 0 radical (unpaired) electrons. The molecule has 3 rings (SSSR count). The maximum absolute atomic E-state index is 11.6. The van der Waals surface area contributed by atoms with Gasteiger partial charge in [0, 0.05) is 17.9 Å². The van der Waals surface area contributed by atoms with Crippen molar-refractivity contribution >= 4 is 5.97 Å². The Bertz CT molecular complexity index is 465. The molecular weight excluding hydrogens is 244 g/mol. The molecule has 0 aromatic carbocycles. The van der Waals surface area contributed by atoms with Crippen LogP contribution in [0.1, 0.15) is 26.2 Å². The third-order valence-electron chi connectivity index (χ3n) is 5.16. The standard InChI is InChI=1S/C15H20O4/c1-7-6-10-11(8(2)14(17)19-10)13(16)12-9(7)4-5-15(12,3)18/h9-13,16,18H,1-2,4-6H2,3H3. The predicted octanol–water partition coefficient (Wildman–Crippen LogP) is 1.18. The first-order chi connectivity index (χ1) is 8.83. The Balaban J connectivity index is 2.02. The van der Waals surface area contributed by atoms with E-state index in [4.69, 9.17) is 4.74 Å². The Morgan fingerprint density at radius 3 is 2.79 bits per heavy atom. The summed E-state index contributed by atoms with van der Waals surface area (Å²) < 4.78 is 5.29. The lowest BCUT2D eigenvalue weighted by Crippen LogP contribution is -2.44. The highest BCUT2D eigenvalue weighted by Crippen LogP contribution is 2.52. The van der Waals surface area contributed by atoms with Crippen LogP contribution < -0.4 is 0 Å². The highest BCUT2D eigenvalue weighted by atomic mass is 16.6. The van der Waals surface area contributed by atoms with Gasteiger partial charge < -0.3 is 14.9 Å². The van der Waals surface area contributed by atoms with Crippen LogP contribution in [-0.4, -0.2) is 34.0 Å². The van der Waals surface area contributed by atoms with Gasteiger partial charge in [-0.3, -0.25) is 0 Å². The summed E-state index contributed by atoms with van der Waals surface area (Å²) in [7, 11) is 0. The Morgan fingerprint density at radius 1 is 1.42 bits per heavy atom. The Labute approximate surface area is 112 Å².